The first kappa shape index (κ1) is 21.0. The lowest BCUT2D eigenvalue weighted by molar-refractivity contribution is 0.0950. The van der Waals surface area contributed by atoms with Gasteiger partial charge in [-0.15, -0.1) is 0 Å². The fourth-order valence-corrected chi connectivity index (χ4v) is 3.32. The number of carbonyl (C=O) groups excluding carboxylic acids is 1. The van der Waals surface area contributed by atoms with Crippen molar-refractivity contribution in [2.24, 2.45) is 5.73 Å². The monoisotopic (exact) mass is 390 g/mol. The molecule has 6 nitrogen and oxygen atoms in total. The molecule has 0 saturated carbocycles. The van der Waals surface area contributed by atoms with Crippen molar-refractivity contribution in [3.05, 3.63) is 61.5 Å². The molecule has 0 unspecified atom stereocenters. The van der Waals surface area contributed by atoms with Crippen LogP contribution in [0.2, 0.25) is 5.02 Å². The summed E-state index contributed by atoms with van der Waals surface area (Å²) in [6.45, 7) is 7.11. The van der Waals surface area contributed by atoms with Crippen LogP contribution >= 0.6 is 11.6 Å². The van der Waals surface area contributed by atoms with Crippen LogP contribution in [0.1, 0.15) is 39.2 Å². The van der Waals surface area contributed by atoms with E-state index >= 15 is 0 Å². The first-order valence-corrected chi connectivity index (χ1v) is 9.31. The minimum absolute atomic E-state index is 0.157. The van der Waals surface area contributed by atoms with Gasteiger partial charge in [0, 0.05) is 47.7 Å². The molecule has 7 heteroatoms. The number of aryl methyl sites for hydroxylation is 2. The van der Waals surface area contributed by atoms with E-state index in [-0.39, 0.29) is 18.0 Å². The Morgan fingerprint density at radius 1 is 1.26 bits per heavy atom. The molecule has 0 spiro atoms. The summed E-state index contributed by atoms with van der Waals surface area (Å²) in [7, 11) is 1.95. The summed E-state index contributed by atoms with van der Waals surface area (Å²) in [6, 6.07) is 5.38. The van der Waals surface area contributed by atoms with Crippen LogP contribution in [0.3, 0.4) is 0 Å². The predicted octanol–water partition coefficient (Wildman–Crippen LogP) is 2.67. The normalized spacial score (nSPS) is 10.7. The largest absolute Gasteiger partial charge is 0.374 e. The standard InChI is InChI=1S/C20H27ClN4O2/c1-12-8-13(2)24-20(27)17(12)11-23-19(26)16-9-15(21)10-18(14(16)3)25(4)7-5-6-22/h8-10H,5-7,11,22H2,1-4H3,(H,23,26)(H,24,27). The Labute approximate surface area is 164 Å². The fraction of sp³-hybridized carbons (Fsp3) is 0.400. The fourth-order valence-electron chi connectivity index (χ4n) is 3.11. The maximum atomic E-state index is 12.7. The number of hydrogen-bond acceptors (Lipinski definition) is 4. The first-order chi connectivity index (χ1) is 12.7. The number of H-pyrrole nitrogens is 1. The zero-order valence-electron chi connectivity index (χ0n) is 16.3. The number of nitrogens with zero attached hydrogens (tertiary/aromatic N) is 1. The second kappa shape index (κ2) is 9.06. The Kier molecular flexibility index (Phi) is 7.05. The van der Waals surface area contributed by atoms with E-state index in [0.717, 1.165) is 35.5 Å². The molecule has 0 atom stereocenters. The Morgan fingerprint density at radius 3 is 2.59 bits per heavy atom. The summed E-state index contributed by atoms with van der Waals surface area (Å²) in [5.41, 5.74) is 9.83. The molecule has 0 aliphatic heterocycles. The molecule has 1 heterocycles. The molecule has 0 radical (unpaired) electrons. The summed E-state index contributed by atoms with van der Waals surface area (Å²) in [5, 5.41) is 3.33. The number of nitrogens with two attached hydrogens (primary N) is 1. The molecule has 2 aromatic rings. The smallest absolute Gasteiger partial charge is 0.253 e. The highest BCUT2D eigenvalue weighted by atomic mass is 35.5. The number of amides is 1. The van der Waals surface area contributed by atoms with Gasteiger partial charge in [-0.2, -0.15) is 0 Å². The molecule has 0 saturated heterocycles. The molecule has 2 rings (SSSR count). The maximum Gasteiger partial charge on any atom is 0.253 e. The van der Waals surface area contributed by atoms with E-state index in [9.17, 15) is 9.59 Å². The molecule has 0 aliphatic carbocycles. The van der Waals surface area contributed by atoms with Crippen molar-refractivity contribution in [3.8, 4) is 0 Å². The molecule has 1 amide bonds. The van der Waals surface area contributed by atoms with Gasteiger partial charge >= 0.3 is 0 Å². The van der Waals surface area contributed by atoms with E-state index in [1.165, 1.54) is 0 Å². The minimum Gasteiger partial charge on any atom is -0.374 e. The van der Waals surface area contributed by atoms with E-state index in [0.29, 0.717) is 22.7 Å². The molecular formula is C20H27ClN4O2. The summed E-state index contributed by atoms with van der Waals surface area (Å²) >= 11 is 6.24. The van der Waals surface area contributed by atoms with Gasteiger partial charge in [-0.3, -0.25) is 9.59 Å². The molecule has 0 fully saturated rings. The van der Waals surface area contributed by atoms with Crippen LogP contribution in [-0.2, 0) is 6.54 Å². The average molecular weight is 391 g/mol. The second-order valence-corrected chi connectivity index (χ2v) is 7.22. The van der Waals surface area contributed by atoms with Crippen LogP contribution in [0.15, 0.2) is 23.0 Å². The second-order valence-electron chi connectivity index (χ2n) is 6.79. The molecule has 27 heavy (non-hydrogen) atoms. The highest BCUT2D eigenvalue weighted by Gasteiger charge is 2.16. The van der Waals surface area contributed by atoms with Crippen molar-refractivity contribution in [2.45, 2.75) is 33.7 Å². The minimum atomic E-state index is -0.261. The van der Waals surface area contributed by atoms with E-state index in [4.69, 9.17) is 17.3 Å². The van der Waals surface area contributed by atoms with Crippen molar-refractivity contribution < 1.29 is 4.79 Å². The van der Waals surface area contributed by atoms with E-state index in [1.54, 1.807) is 6.07 Å². The summed E-state index contributed by atoms with van der Waals surface area (Å²) in [4.78, 5) is 29.7. The number of rotatable bonds is 7. The SMILES string of the molecule is Cc1cc(C)c(CNC(=O)c2cc(Cl)cc(N(C)CCCN)c2C)c(=O)[nH]1. The summed E-state index contributed by atoms with van der Waals surface area (Å²) in [5.74, 6) is -0.261. The van der Waals surface area contributed by atoms with Gasteiger partial charge in [0.25, 0.3) is 11.5 Å². The van der Waals surface area contributed by atoms with Crippen LogP contribution in [0, 0.1) is 20.8 Å². The van der Waals surface area contributed by atoms with Crippen molar-refractivity contribution in [2.75, 3.05) is 25.0 Å². The van der Waals surface area contributed by atoms with Crippen molar-refractivity contribution in [1.29, 1.82) is 0 Å². The van der Waals surface area contributed by atoms with Crippen LogP contribution in [0.25, 0.3) is 0 Å². The van der Waals surface area contributed by atoms with E-state index in [1.807, 2.05) is 44.9 Å². The van der Waals surface area contributed by atoms with Crippen molar-refractivity contribution >= 4 is 23.2 Å². The van der Waals surface area contributed by atoms with Gasteiger partial charge in [0.15, 0.2) is 0 Å². The third-order valence-electron chi connectivity index (χ3n) is 4.62. The Bertz CT molecular complexity index is 892. The quantitative estimate of drug-likeness (QED) is 0.677. The van der Waals surface area contributed by atoms with Crippen LogP contribution in [-0.4, -0.2) is 31.0 Å². The Hall–Kier alpha value is -2.31. The van der Waals surface area contributed by atoms with Crippen LogP contribution in [0.5, 0.6) is 0 Å². The molecule has 4 N–H and O–H groups in total. The highest BCUT2D eigenvalue weighted by Crippen LogP contribution is 2.27. The van der Waals surface area contributed by atoms with Gasteiger partial charge in [0.2, 0.25) is 0 Å². The van der Waals surface area contributed by atoms with Gasteiger partial charge in [-0.25, -0.2) is 0 Å². The highest BCUT2D eigenvalue weighted by molar-refractivity contribution is 6.31. The number of halogens is 1. The van der Waals surface area contributed by atoms with Gasteiger partial charge < -0.3 is 20.9 Å². The van der Waals surface area contributed by atoms with Gasteiger partial charge in [-0.1, -0.05) is 11.6 Å². The number of hydrogen-bond donors (Lipinski definition) is 3. The topological polar surface area (TPSA) is 91.2 Å². The molecule has 1 aromatic carbocycles. The van der Waals surface area contributed by atoms with E-state index in [2.05, 4.69) is 10.3 Å². The third kappa shape index (κ3) is 5.11. The van der Waals surface area contributed by atoms with Gasteiger partial charge in [0.05, 0.1) is 0 Å². The average Bonchev–Trinajstić information content (AvgIpc) is 2.60. The zero-order valence-corrected chi connectivity index (χ0v) is 17.0. The van der Waals surface area contributed by atoms with E-state index < -0.39 is 0 Å². The maximum absolute atomic E-state index is 12.7. The Morgan fingerprint density at radius 2 is 1.96 bits per heavy atom. The number of nitrogens with one attached hydrogen (secondary N) is 2. The molecular weight excluding hydrogens is 364 g/mol. The molecule has 146 valence electrons. The van der Waals surface area contributed by atoms with Crippen LogP contribution in [0.4, 0.5) is 5.69 Å². The lowest BCUT2D eigenvalue weighted by Crippen LogP contribution is -2.29. The lowest BCUT2D eigenvalue weighted by atomic mass is 10.0. The molecule has 0 aliphatic rings. The molecule has 1 aromatic heterocycles. The summed E-state index contributed by atoms with van der Waals surface area (Å²) in [6.07, 6.45) is 0.847. The number of benzene rings is 1. The third-order valence-corrected chi connectivity index (χ3v) is 4.84. The van der Waals surface area contributed by atoms with Crippen LogP contribution < -0.4 is 21.5 Å². The number of carbonyl (C=O) groups is 1. The number of pyridine rings is 1. The summed E-state index contributed by atoms with van der Waals surface area (Å²) < 4.78 is 0. The lowest BCUT2D eigenvalue weighted by Gasteiger charge is -2.23. The van der Waals surface area contributed by atoms with Crippen molar-refractivity contribution in [3.63, 3.8) is 0 Å². The van der Waals surface area contributed by atoms with Crippen molar-refractivity contribution in [1.82, 2.24) is 10.3 Å². The number of aromatic nitrogens is 1. The first-order valence-electron chi connectivity index (χ1n) is 8.93. The number of aromatic amines is 1. The van der Waals surface area contributed by atoms with Gasteiger partial charge in [-0.05, 0) is 63.1 Å². The number of anilines is 1. The zero-order chi connectivity index (χ0) is 20.1. The molecule has 0 bridgehead atoms. The Balaban J connectivity index is 2.24. The van der Waals surface area contributed by atoms with Gasteiger partial charge in [0.1, 0.15) is 0 Å². The predicted molar refractivity (Wildman–Crippen MR) is 111 cm³/mol.